The zero-order valence-corrected chi connectivity index (χ0v) is 19.4. The van der Waals surface area contributed by atoms with E-state index in [1.165, 1.54) is 13.0 Å². The Kier molecular flexibility index (Phi) is 6.95. The molecule has 0 spiro atoms. The van der Waals surface area contributed by atoms with Crippen LogP contribution in [0.5, 0.6) is 0 Å². The minimum Gasteiger partial charge on any atom is -0.381 e. The molecule has 4 rings (SSSR count). The lowest BCUT2D eigenvalue weighted by Crippen LogP contribution is -2.05. The molecule has 0 saturated heterocycles. The van der Waals surface area contributed by atoms with Gasteiger partial charge in [0, 0.05) is 52.3 Å². The Hall–Kier alpha value is -3.78. The second-order valence-corrected chi connectivity index (χ2v) is 8.23. The standard InChI is InChI=1S/C25H21BrFN5O/c1-16(33)30-20-8-5-17(6-9-20)24-11-12-28-25(32-24)31-22-4-2-3-21(14-22)29-15-18-13-19(26)7-10-23(18)27/h2-14,29H,15H2,1H3,(H,30,33)(H,28,31,32). The quantitative estimate of drug-likeness (QED) is 0.272. The van der Waals surface area contributed by atoms with E-state index in [1.54, 1.807) is 18.3 Å². The van der Waals surface area contributed by atoms with E-state index < -0.39 is 0 Å². The molecular weight excluding hydrogens is 485 g/mol. The fourth-order valence-electron chi connectivity index (χ4n) is 3.22. The van der Waals surface area contributed by atoms with E-state index in [4.69, 9.17) is 0 Å². The highest BCUT2D eigenvalue weighted by Crippen LogP contribution is 2.23. The molecule has 3 aromatic carbocycles. The summed E-state index contributed by atoms with van der Waals surface area (Å²) in [5, 5.41) is 9.20. The first kappa shape index (κ1) is 22.4. The van der Waals surface area contributed by atoms with Crippen LogP contribution in [0.25, 0.3) is 11.3 Å². The number of anilines is 4. The number of halogens is 2. The average Bonchev–Trinajstić information content (AvgIpc) is 2.80. The molecule has 1 amide bonds. The van der Waals surface area contributed by atoms with E-state index in [1.807, 2.05) is 54.6 Å². The lowest BCUT2D eigenvalue weighted by Gasteiger charge is -2.11. The summed E-state index contributed by atoms with van der Waals surface area (Å²) in [7, 11) is 0. The van der Waals surface area contributed by atoms with Gasteiger partial charge in [0.2, 0.25) is 11.9 Å². The number of hydrogen-bond acceptors (Lipinski definition) is 5. The number of aromatic nitrogens is 2. The molecule has 33 heavy (non-hydrogen) atoms. The minimum atomic E-state index is -0.254. The maximum absolute atomic E-state index is 14.0. The van der Waals surface area contributed by atoms with Crippen molar-refractivity contribution in [3.8, 4) is 11.3 Å². The van der Waals surface area contributed by atoms with Crippen molar-refractivity contribution in [2.75, 3.05) is 16.0 Å². The summed E-state index contributed by atoms with van der Waals surface area (Å²) >= 11 is 3.37. The molecule has 0 fully saturated rings. The molecule has 0 aliphatic carbocycles. The third-order valence-corrected chi connectivity index (χ3v) is 5.26. The van der Waals surface area contributed by atoms with Gasteiger partial charge in [-0.1, -0.05) is 34.1 Å². The highest BCUT2D eigenvalue weighted by atomic mass is 79.9. The first-order valence-corrected chi connectivity index (χ1v) is 11.0. The first-order chi connectivity index (χ1) is 16.0. The fraction of sp³-hybridized carbons (Fsp3) is 0.0800. The summed E-state index contributed by atoms with van der Waals surface area (Å²) < 4.78 is 14.8. The van der Waals surface area contributed by atoms with Gasteiger partial charge in [-0.15, -0.1) is 0 Å². The molecule has 0 atom stereocenters. The molecule has 1 heterocycles. The SMILES string of the molecule is CC(=O)Nc1ccc(-c2ccnc(Nc3cccc(NCc4cc(Br)ccc4F)c3)n2)cc1. The number of amides is 1. The molecule has 166 valence electrons. The van der Waals surface area contributed by atoms with Crippen LogP contribution in [0.15, 0.2) is 83.5 Å². The molecule has 0 unspecified atom stereocenters. The van der Waals surface area contributed by atoms with E-state index in [9.17, 15) is 9.18 Å². The number of hydrogen-bond donors (Lipinski definition) is 3. The molecule has 0 aliphatic heterocycles. The van der Waals surface area contributed by atoms with Crippen molar-refractivity contribution in [2.45, 2.75) is 13.5 Å². The van der Waals surface area contributed by atoms with Gasteiger partial charge in [0.1, 0.15) is 5.82 Å². The third kappa shape index (κ3) is 6.14. The maximum atomic E-state index is 14.0. The number of benzene rings is 3. The van der Waals surface area contributed by atoms with Gasteiger partial charge in [0.15, 0.2) is 0 Å². The van der Waals surface area contributed by atoms with Gasteiger partial charge in [0.05, 0.1) is 5.69 Å². The van der Waals surface area contributed by atoms with Crippen molar-refractivity contribution >= 4 is 44.8 Å². The molecular formula is C25H21BrFN5O. The Morgan fingerprint density at radius 1 is 0.970 bits per heavy atom. The Bertz CT molecular complexity index is 1280. The Labute approximate surface area is 199 Å². The highest BCUT2D eigenvalue weighted by molar-refractivity contribution is 9.10. The van der Waals surface area contributed by atoms with Crippen LogP contribution in [0.2, 0.25) is 0 Å². The number of carbonyl (C=O) groups is 1. The van der Waals surface area contributed by atoms with Gasteiger partial charge in [-0.2, -0.15) is 0 Å². The molecule has 1 aromatic heterocycles. The summed E-state index contributed by atoms with van der Waals surface area (Å²) in [6.45, 7) is 1.83. The minimum absolute atomic E-state index is 0.116. The van der Waals surface area contributed by atoms with Crippen LogP contribution in [-0.2, 0) is 11.3 Å². The predicted octanol–water partition coefficient (Wildman–Crippen LogP) is 6.36. The fourth-order valence-corrected chi connectivity index (χ4v) is 3.63. The van der Waals surface area contributed by atoms with Crippen LogP contribution in [0.4, 0.5) is 27.4 Å². The molecule has 0 aliphatic rings. The lowest BCUT2D eigenvalue weighted by molar-refractivity contribution is -0.114. The van der Waals surface area contributed by atoms with E-state index in [0.717, 1.165) is 32.8 Å². The molecule has 6 nitrogen and oxygen atoms in total. The van der Waals surface area contributed by atoms with Crippen LogP contribution < -0.4 is 16.0 Å². The Morgan fingerprint density at radius 2 is 1.76 bits per heavy atom. The smallest absolute Gasteiger partial charge is 0.227 e. The summed E-state index contributed by atoms with van der Waals surface area (Å²) in [5.74, 6) is 0.0821. The first-order valence-electron chi connectivity index (χ1n) is 10.2. The monoisotopic (exact) mass is 505 g/mol. The van der Waals surface area contributed by atoms with Crippen LogP contribution in [-0.4, -0.2) is 15.9 Å². The molecule has 8 heteroatoms. The van der Waals surface area contributed by atoms with Gasteiger partial charge in [0.25, 0.3) is 0 Å². The number of nitrogens with zero attached hydrogens (tertiary/aromatic N) is 2. The van der Waals surface area contributed by atoms with Crippen molar-refractivity contribution in [1.82, 2.24) is 9.97 Å². The van der Waals surface area contributed by atoms with Gasteiger partial charge in [-0.25, -0.2) is 14.4 Å². The summed E-state index contributed by atoms with van der Waals surface area (Å²) in [6, 6.07) is 21.8. The lowest BCUT2D eigenvalue weighted by atomic mass is 10.1. The van der Waals surface area contributed by atoms with E-state index in [-0.39, 0.29) is 11.7 Å². The van der Waals surface area contributed by atoms with Crippen molar-refractivity contribution in [3.05, 3.63) is 94.8 Å². The van der Waals surface area contributed by atoms with Crippen molar-refractivity contribution < 1.29 is 9.18 Å². The van der Waals surface area contributed by atoms with Gasteiger partial charge >= 0.3 is 0 Å². The zero-order chi connectivity index (χ0) is 23.2. The largest absolute Gasteiger partial charge is 0.381 e. The second-order valence-electron chi connectivity index (χ2n) is 7.32. The topological polar surface area (TPSA) is 78.9 Å². The Morgan fingerprint density at radius 3 is 2.55 bits per heavy atom. The van der Waals surface area contributed by atoms with Crippen LogP contribution in [0, 0.1) is 5.82 Å². The van der Waals surface area contributed by atoms with Crippen molar-refractivity contribution in [3.63, 3.8) is 0 Å². The predicted molar refractivity (Wildman–Crippen MR) is 133 cm³/mol. The highest BCUT2D eigenvalue weighted by Gasteiger charge is 2.06. The molecule has 0 radical (unpaired) electrons. The van der Waals surface area contributed by atoms with E-state index in [0.29, 0.717) is 18.1 Å². The number of carbonyl (C=O) groups excluding carboxylic acids is 1. The molecule has 0 saturated carbocycles. The molecule has 4 aromatic rings. The van der Waals surface area contributed by atoms with Gasteiger partial charge < -0.3 is 16.0 Å². The van der Waals surface area contributed by atoms with Crippen LogP contribution in [0.3, 0.4) is 0 Å². The number of rotatable bonds is 7. The second kappa shape index (κ2) is 10.2. The maximum Gasteiger partial charge on any atom is 0.227 e. The van der Waals surface area contributed by atoms with Crippen LogP contribution >= 0.6 is 15.9 Å². The summed E-state index contributed by atoms with van der Waals surface area (Å²) in [5.41, 5.74) is 4.59. The number of nitrogens with one attached hydrogen (secondary N) is 3. The molecule has 0 bridgehead atoms. The molecule has 3 N–H and O–H groups in total. The zero-order valence-electron chi connectivity index (χ0n) is 17.8. The van der Waals surface area contributed by atoms with E-state index in [2.05, 4.69) is 41.8 Å². The Balaban J connectivity index is 1.45. The summed E-state index contributed by atoms with van der Waals surface area (Å²) in [4.78, 5) is 20.1. The van der Waals surface area contributed by atoms with E-state index >= 15 is 0 Å². The normalized spacial score (nSPS) is 10.5. The van der Waals surface area contributed by atoms with Gasteiger partial charge in [-0.05, 0) is 54.6 Å². The third-order valence-electron chi connectivity index (χ3n) is 4.77. The van der Waals surface area contributed by atoms with Crippen LogP contribution in [0.1, 0.15) is 12.5 Å². The average molecular weight is 506 g/mol. The van der Waals surface area contributed by atoms with Crippen molar-refractivity contribution in [2.24, 2.45) is 0 Å². The van der Waals surface area contributed by atoms with Gasteiger partial charge in [-0.3, -0.25) is 4.79 Å². The van der Waals surface area contributed by atoms with Crippen molar-refractivity contribution in [1.29, 1.82) is 0 Å². The summed E-state index contributed by atoms with van der Waals surface area (Å²) in [6.07, 6.45) is 1.69.